The van der Waals surface area contributed by atoms with Gasteiger partial charge in [0.05, 0.1) is 19.0 Å². The lowest BCUT2D eigenvalue weighted by molar-refractivity contribution is -0.120. The standard InChI is InChI=1S/C13H24N4O/c1-11(2)17-7-4-12(10-17)8-15-9-13(18)16-6-3-5-14/h11-12,15H,3-4,6-10H2,1-2H3,(H,16,18). The van der Waals surface area contributed by atoms with Crippen LogP contribution in [0.2, 0.25) is 0 Å². The van der Waals surface area contributed by atoms with E-state index in [1.165, 1.54) is 13.0 Å². The molecule has 18 heavy (non-hydrogen) atoms. The summed E-state index contributed by atoms with van der Waals surface area (Å²) >= 11 is 0. The number of nitrogens with one attached hydrogen (secondary N) is 2. The van der Waals surface area contributed by atoms with Crippen LogP contribution >= 0.6 is 0 Å². The molecule has 5 nitrogen and oxygen atoms in total. The lowest BCUT2D eigenvalue weighted by atomic mass is 10.1. The van der Waals surface area contributed by atoms with Crippen LogP contribution in [0, 0.1) is 17.2 Å². The largest absolute Gasteiger partial charge is 0.354 e. The third-order valence-electron chi connectivity index (χ3n) is 3.33. The number of carbonyl (C=O) groups is 1. The topological polar surface area (TPSA) is 68.2 Å². The molecule has 0 radical (unpaired) electrons. The molecule has 1 aliphatic rings. The zero-order chi connectivity index (χ0) is 13.4. The summed E-state index contributed by atoms with van der Waals surface area (Å²) in [4.78, 5) is 13.8. The van der Waals surface area contributed by atoms with Crippen molar-refractivity contribution in [1.29, 1.82) is 5.26 Å². The van der Waals surface area contributed by atoms with Gasteiger partial charge in [0.1, 0.15) is 0 Å². The lowest BCUT2D eigenvalue weighted by Gasteiger charge is -2.20. The summed E-state index contributed by atoms with van der Waals surface area (Å²) in [6.45, 7) is 8.43. The van der Waals surface area contributed by atoms with E-state index in [1.807, 2.05) is 6.07 Å². The number of rotatable bonds is 7. The van der Waals surface area contributed by atoms with Gasteiger partial charge >= 0.3 is 0 Å². The molecule has 0 aromatic rings. The second-order valence-electron chi connectivity index (χ2n) is 5.13. The Morgan fingerprint density at radius 1 is 1.56 bits per heavy atom. The average molecular weight is 252 g/mol. The number of nitrogens with zero attached hydrogens (tertiary/aromatic N) is 2. The Hall–Kier alpha value is -1.12. The van der Waals surface area contributed by atoms with E-state index in [0.717, 1.165) is 13.1 Å². The van der Waals surface area contributed by atoms with Gasteiger partial charge in [-0.05, 0) is 39.3 Å². The van der Waals surface area contributed by atoms with E-state index in [0.29, 0.717) is 31.5 Å². The highest BCUT2D eigenvalue weighted by Crippen LogP contribution is 2.17. The van der Waals surface area contributed by atoms with Gasteiger partial charge in [-0.15, -0.1) is 0 Å². The Morgan fingerprint density at radius 2 is 2.33 bits per heavy atom. The molecule has 5 heteroatoms. The number of amides is 1. The van der Waals surface area contributed by atoms with Crippen LogP contribution in [0.1, 0.15) is 26.7 Å². The maximum absolute atomic E-state index is 11.4. The molecule has 1 rings (SSSR count). The summed E-state index contributed by atoms with van der Waals surface area (Å²) in [7, 11) is 0. The van der Waals surface area contributed by atoms with Crippen LogP contribution in [0.4, 0.5) is 0 Å². The third-order valence-corrected chi connectivity index (χ3v) is 3.33. The molecule has 1 amide bonds. The first-order valence-electron chi connectivity index (χ1n) is 6.72. The molecule has 0 saturated carbocycles. The van der Waals surface area contributed by atoms with E-state index in [4.69, 9.17) is 5.26 Å². The van der Waals surface area contributed by atoms with Crippen molar-refractivity contribution >= 4 is 5.91 Å². The van der Waals surface area contributed by atoms with Crippen molar-refractivity contribution in [2.24, 2.45) is 5.92 Å². The van der Waals surface area contributed by atoms with Crippen LogP contribution in [-0.2, 0) is 4.79 Å². The molecule has 0 bridgehead atoms. The molecule has 102 valence electrons. The molecule has 0 aromatic carbocycles. The number of hydrogen-bond acceptors (Lipinski definition) is 4. The fraction of sp³-hybridized carbons (Fsp3) is 0.846. The first kappa shape index (κ1) is 14.9. The van der Waals surface area contributed by atoms with Crippen molar-refractivity contribution in [2.45, 2.75) is 32.7 Å². The predicted octanol–water partition coefficient (Wildman–Crippen LogP) is 0.336. The average Bonchev–Trinajstić information content (AvgIpc) is 2.78. The number of likely N-dealkylation sites (tertiary alicyclic amines) is 1. The Kier molecular flexibility index (Phi) is 6.69. The van der Waals surface area contributed by atoms with Gasteiger partial charge in [-0.1, -0.05) is 0 Å². The third kappa shape index (κ3) is 5.48. The van der Waals surface area contributed by atoms with Gasteiger partial charge in [0, 0.05) is 19.1 Å². The predicted molar refractivity (Wildman–Crippen MR) is 70.9 cm³/mol. The van der Waals surface area contributed by atoms with Crippen LogP contribution in [-0.4, -0.2) is 49.6 Å². The normalized spacial score (nSPS) is 20.0. The van der Waals surface area contributed by atoms with E-state index in [9.17, 15) is 4.79 Å². The molecular weight excluding hydrogens is 228 g/mol. The quantitative estimate of drug-likeness (QED) is 0.641. The minimum Gasteiger partial charge on any atom is -0.354 e. The Balaban J connectivity index is 2.05. The minimum atomic E-state index is -0.0241. The Labute approximate surface area is 110 Å². The minimum absolute atomic E-state index is 0.0241. The number of carbonyl (C=O) groups excluding carboxylic acids is 1. The monoisotopic (exact) mass is 252 g/mol. The van der Waals surface area contributed by atoms with Gasteiger partial charge in [0.15, 0.2) is 0 Å². The first-order valence-corrected chi connectivity index (χ1v) is 6.72. The van der Waals surface area contributed by atoms with Gasteiger partial charge in [-0.2, -0.15) is 5.26 Å². The zero-order valence-corrected chi connectivity index (χ0v) is 11.4. The highest BCUT2D eigenvalue weighted by atomic mass is 16.1. The van der Waals surface area contributed by atoms with Gasteiger partial charge < -0.3 is 15.5 Å². The maximum atomic E-state index is 11.4. The van der Waals surface area contributed by atoms with Gasteiger partial charge in [0.25, 0.3) is 0 Å². The molecule has 1 fully saturated rings. The summed E-state index contributed by atoms with van der Waals surface area (Å²) in [5.41, 5.74) is 0. The van der Waals surface area contributed by atoms with Crippen LogP contribution in [0.3, 0.4) is 0 Å². The second-order valence-corrected chi connectivity index (χ2v) is 5.13. The van der Waals surface area contributed by atoms with Crippen molar-refractivity contribution < 1.29 is 4.79 Å². The van der Waals surface area contributed by atoms with Crippen molar-refractivity contribution in [2.75, 3.05) is 32.7 Å². The van der Waals surface area contributed by atoms with E-state index in [-0.39, 0.29) is 5.91 Å². The molecule has 1 heterocycles. The van der Waals surface area contributed by atoms with Crippen LogP contribution in [0.5, 0.6) is 0 Å². The zero-order valence-electron chi connectivity index (χ0n) is 11.4. The molecule has 1 saturated heterocycles. The molecule has 1 unspecified atom stereocenters. The van der Waals surface area contributed by atoms with Gasteiger partial charge in [-0.3, -0.25) is 4.79 Å². The molecular formula is C13H24N4O. The first-order chi connectivity index (χ1) is 8.63. The highest BCUT2D eigenvalue weighted by Gasteiger charge is 2.23. The summed E-state index contributed by atoms with van der Waals surface area (Å²) < 4.78 is 0. The highest BCUT2D eigenvalue weighted by molar-refractivity contribution is 5.77. The lowest BCUT2D eigenvalue weighted by Crippen LogP contribution is -2.37. The van der Waals surface area contributed by atoms with Gasteiger partial charge in [-0.25, -0.2) is 0 Å². The van der Waals surface area contributed by atoms with Crippen LogP contribution < -0.4 is 10.6 Å². The second kappa shape index (κ2) is 8.06. The van der Waals surface area contributed by atoms with Crippen molar-refractivity contribution in [3.63, 3.8) is 0 Å². The Morgan fingerprint density at radius 3 is 2.94 bits per heavy atom. The molecule has 0 aromatic heterocycles. The van der Waals surface area contributed by atoms with Crippen LogP contribution in [0.15, 0.2) is 0 Å². The Bertz CT molecular complexity index is 298. The van der Waals surface area contributed by atoms with E-state index < -0.39 is 0 Å². The maximum Gasteiger partial charge on any atom is 0.233 e. The van der Waals surface area contributed by atoms with E-state index in [2.05, 4.69) is 29.4 Å². The molecule has 0 spiro atoms. The van der Waals surface area contributed by atoms with Crippen molar-refractivity contribution in [1.82, 2.24) is 15.5 Å². The van der Waals surface area contributed by atoms with E-state index >= 15 is 0 Å². The summed E-state index contributed by atoms with van der Waals surface area (Å²) in [5.74, 6) is 0.628. The number of nitriles is 1. The SMILES string of the molecule is CC(C)N1CCC(CNCC(=O)NCCC#N)C1. The molecule has 1 aliphatic heterocycles. The molecule has 1 atom stereocenters. The van der Waals surface area contributed by atoms with Gasteiger partial charge in [0.2, 0.25) is 5.91 Å². The fourth-order valence-corrected chi connectivity index (χ4v) is 2.21. The summed E-state index contributed by atoms with van der Waals surface area (Å²) in [5, 5.41) is 14.2. The van der Waals surface area contributed by atoms with Crippen molar-refractivity contribution in [3.8, 4) is 6.07 Å². The van der Waals surface area contributed by atoms with Crippen molar-refractivity contribution in [3.05, 3.63) is 0 Å². The summed E-state index contributed by atoms with van der Waals surface area (Å²) in [6, 6.07) is 2.61. The van der Waals surface area contributed by atoms with Crippen LogP contribution in [0.25, 0.3) is 0 Å². The molecule has 2 N–H and O–H groups in total. The van der Waals surface area contributed by atoms with E-state index in [1.54, 1.807) is 0 Å². The number of hydrogen-bond donors (Lipinski definition) is 2. The smallest absolute Gasteiger partial charge is 0.233 e. The summed E-state index contributed by atoms with van der Waals surface area (Å²) in [6.07, 6.45) is 1.58. The fourth-order valence-electron chi connectivity index (χ4n) is 2.21. The molecule has 0 aliphatic carbocycles.